The fourth-order valence-electron chi connectivity index (χ4n) is 8.81. The molecule has 0 radical (unpaired) electrons. The average Bonchev–Trinajstić information content (AvgIpc) is 3.70. The largest absolute Gasteiger partial charge is 0.254 e. The lowest BCUT2D eigenvalue weighted by Crippen LogP contribution is -2.00. The monoisotopic (exact) mass is 770 g/mol. The zero-order chi connectivity index (χ0) is 38.9. The molecule has 1 aliphatic carbocycles. The molecule has 0 bridgehead atoms. The first-order valence-corrected chi connectivity index (χ1v) is 20.9. The van der Waals surface area contributed by atoms with E-state index in [0.717, 1.165) is 83.8 Å². The van der Waals surface area contributed by atoms with Crippen LogP contribution in [0.3, 0.4) is 0 Å². The van der Waals surface area contributed by atoms with Crippen molar-refractivity contribution in [1.29, 1.82) is 0 Å². The minimum Gasteiger partial charge on any atom is -0.254 e. The summed E-state index contributed by atoms with van der Waals surface area (Å²) in [6, 6.07) is 58.4. The maximum absolute atomic E-state index is 5.33. The quantitative estimate of drug-likeness (QED) is 0.164. The Morgan fingerprint density at radius 2 is 1.08 bits per heavy atom. The summed E-state index contributed by atoms with van der Waals surface area (Å²) in [5.41, 5.74) is 13.6. The van der Waals surface area contributed by atoms with Crippen molar-refractivity contribution in [1.82, 2.24) is 19.9 Å². The van der Waals surface area contributed by atoms with Crippen LogP contribution in [0.2, 0.25) is 0 Å². The molecule has 11 aromatic rings. The van der Waals surface area contributed by atoms with Crippen molar-refractivity contribution in [2.45, 2.75) is 12.3 Å². The third kappa shape index (κ3) is 5.81. The van der Waals surface area contributed by atoms with Gasteiger partial charge < -0.3 is 0 Å². The van der Waals surface area contributed by atoms with Crippen molar-refractivity contribution in [3.05, 3.63) is 199 Å². The number of thiophene rings is 1. The summed E-state index contributed by atoms with van der Waals surface area (Å²) in [5, 5.41) is 6.92. The van der Waals surface area contributed by atoms with E-state index in [-0.39, 0.29) is 5.92 Å². The summed E-state index contributed by atoms with van der Waals surface area (Å²) in [5.74, 6) is 0.241. The van der Waals surface area contributed by atoms with E-state index >= 15 is 0 Å². The van der Waals surface area contributed by atoms with Crippen LogP contribution in [0.5, 0.6) is 0 Å². The Kier molecular flexibility index (Phi) is 7.81. The summed E-state index contributed by atoms with van der Waals surface area (Å²) in [4.78, 5) is 20.4. The molecule has 0 saturated heterocycles. The lowest BCUT2D eigenvalue weighted by Gasteiger charge is -2.19. The van der Waals surface area contributed by atoms with Gasteiger partial charge in [-0.2, -0.15) is 0 Å². The van der Waals surface area contributed by atoms with E-state index in [1.807, 2.05) is 23.6 Å². The molecule has 0 saturated carbocycles. The van der Waals surface area contributed by atoms with E-state index in [4.69, 9.17) is 15.0 Å². The Morgan fingerprint density at radius 3 is 1.88 bits per heavy atom. The molecule has 0 N–H and O–H groups in total. The lowest BCUT2D eigenvalue weighted by atomic mass is 9.86. The van der Waals surface area contributed by atoms with Crippen molar-refractivity contribution in [3.63, 3.8) is 0 Å². The first-order chi connectivity index (χ1) is 29.2. The summed E-state index contributed by atoms with van der Waals surface area (Å²) >= 11 is 1.83. The van der Waals surface area contributed by atoms with Crippen LogP contribution >= 0.6 is 11.3 Å². The molecule has 0 aliphatic heterocycles. The molecule has 12 rings (SSSR count). The Hall–Kier alpha value is -7.34. The molecule has 276 valence electrons. The molecule has 5 heterocycles. The van der Waals surface area contributed by atoms with Gasteiger partial charge in [-0.25, -0.2) is 15.0 Å². The van der Waals surface area contributed by atoms with Crippen LogP contribution in [0.25, 0.3) is 103 Å². The first kappa shape index (κ1) is 33.8. The number of rotatable bonds is 5. The van der Waals surface area contributed by atoms with Crippen molar-refractivity contribution >= 4 is 80.7 Å². The minimum absolute atomic E-state index is 0.241. The van der Waals surface area contributed by atoms with Gasteiger partial charge in [0.15, 0.2) is 0 Å². The molecule has 1 atom stereocenters. The molecule has 1 aliphatic rings. The number of pyridine rings is 4. The molecule has 0 spiro atoms. The van der Waals surface area contributed by atoms with E-state index in [1.54, 1.807) is 0 Å². The van der Waals surface area contributed by atoms with Crippen LogP contribution in [0.4, 0.5) is 0 Å². The topological polar surface area (TPSA) is 51.6 Å². The predicted octanol–water partition coefficient (Wildman–Crippen LogP) is 14.4. The predicted molar refractivity (Wildman–Crippen MR) is 248 cm³/mol. The number of benzene rings is 6. The maximum Gasteiger partial charge on any atom is 0.0972 e. The molecule has 0 amide bonds. The highest BCUT2D eigenvalue weighted by molar-refractivity contribution is 7.26. The minimum atomic E-state index is 0.241. The molecular formula is C54H34N4S. The first-order valence-electron chi connectivity index (χ1n) is 20.1. The van der Waals surface area contributed by atoms with Crippen LogP contribution in [0, 0.1) is 0 Å². The van der Waals surface area contributed by atoms with Gasteiger partial charge in [0.2, 0.25) is 0 Å². The second-order valence-electron chi connectivity index (χ2n) is 15.4. The van der Waals surface area contributed by atoms with E-state index in [2.05, 4.69) is 181 Å². The van der Waals surface area contributed by atoms with Gasteiger partial charge in [-0.05, 0) is 65.6 Å². The molecule has 0 fully saturated rings. The maximum atomic E-state index is 5.33. The van der Waals surface area contributed by atoms with E-state index < -0.39 is 0 Å². The zero-order valence-corrected chi connectivity index (χ0v) is 32.7. The van der Waals surface area contributed by atoms with Gasteiger partial charge >= 0.3 is 0 Å². The third-order valence-electron chi connectivity index (χ3n) is 11.8. The van der Waals surface area contributed by atoms with Crippen LogP contribution in [0.15, 0.2) is 188 Å². The SMILES string of the molecule is C1=CC(c2cccc(-c3ccc4ccc5ccc(-c6cccc7c6sc6ccccc67)nc5c4n3)c2)=CC(c2cccc(-c3ccc4ccc5cccnc5c4n3)c2)C1. The Balaban J connectivity index is 0.882. The van der Waals surface area contributed by atoms with Gasteiger partial charge in [0.1, 0.15) is 0 Å². The lowest BCUT2D eigenvalue weighted by molar-refractivity contribution is 0.857. The Morgan fingerprint density at radius 1 is 0.475 bits per heavy atom. The van der Waals surface area contributed by atoms with Crippen molar-refractivity contribution in [2.75, 3.05) is 0 Å². The number of hydrogen-bond acceptors (Lipinski definition) is 5. The van der Waals surface area contributed by atoms with Crippen LogP contribution in [0.1, 0.15) is 23.5 Å². The summed E-state index contributed by atoms with van der Waals surface area (Å²) < 4.78 is 2.56. The number of fused-ring (bicyclic) bond motifs is 9. The molecular weight excluding hydrogens is 737 g/mol. The van der Waals surface area contributed by atoms with Gasteiger partial charge in [0.05, 0.1) is 39.1 Å². The van der Waals surface area contributed by atoms with E-state index in [0.29, 0.717) is 0 Å². The van der Waals surface area contributed by atoms with Gasteiger partial charge in [-0.3, -0.25) is 4.98 Å². The fourth-order valence-corrected chi connectivity index (χ4v) is 10.0. The summed E-state index contributed by atoms with van der Waals surface area (Å²) in [6.45, 7) is 0. The third-order valence-corrected chi connectivity index (χ3v) is 13.0. The number of hydrogen-bond donors (Lipinski definition) is 0. The highest BCUT2D eigenvalue weighted by Gasteiger charge is 2.17. The van der Waals surface area contributed by atoms with Crippen molar-refractivity contribution < 1.29 is 0 Å². The molecule has 5 heteroatoms. The smallest absolute Gasteiger partial charge is 0.0972 e. The number of allylic oxidation sites excluding steroid dienone is 4. The van der Waals surface area contributed by atoms with Crippen molar-refractivity contribution in [3.8, 4) is 33.8 Å². The number of nitrogens with zero attached hydrogens (tertiary/aromatic N) is 4. The molecule has 6 aromatic carbocycles. The second kappa shape index (κ2) is 13.7. The van der Waals surface area contributed by atoms with Crippen LogP contribution < -0.4 is 0 Å². The highest BCUT2D eigenvalue weighted by atomic mass is 32.1. The molecule has 59 heavy (non-hydrogen) atoms. The normalized spacial score (nSPS) is 14.2. The standard InChI is InChI=1S/C54H34N4S/c1-2-18-49-43(15-1)44-16-6-17-45(54(44)59-49)48-28-25-36-22-21-35-24-27-47(57-52(35)53(36)58-48)42-13-5-11-40(32-42)38-9-3-8-37(30-38)39-10-4-12-41(31-39)46-26-23-34-20-19-33-14-7-29-55-50(33)51(34)56-46/h1-7,9-32,37H,8H2. The average molecular weight is 771 g/mol. The Labute approximate surface area is 344 Å². The second-order valence-corrected chi connectivity index (χ2v) is 16.4. The summed E-state index contributed by atoms with van der Waals surface area (Å²) in [7, 11) is 0. The van der Waals surface area contributed by atoms with Crippen molar-refractivity contribution in [2.24, 2.45) is 0 Å². The van der Waals surface area contributed by atoms with Gasteiger partial charge in [-0.1, -0.05) is 140 Å². The molecule has 1 unspecified atom stereocenters. The molecule has 4 nitrogen and oxygen atoms in total. The number of aromatic nitrogens is 4. The highest BCUT2D eigenvalue weighted by Crippen LogP contribution is 2.40. The summed E-state index contributed by atoms with van der Waals surface area (Å²) in [6.07, 6.45) is 9.75. The van der Waals surface area contributed by atoms with E-state index in [1.165, 1.54) is 36.9 Å². The van der Waals surface area contributed by atoms with Crippen LogP contribution in [-0.2, 0) is 0 Å². The molecule has 5 aromatic heterocycles. The Bertz CT molecular complexity index is 3560. The van der Waals surface area contributed by atoms with Gasteiger partial charge in [-0.15, -0.1) is 11.3 Å². The van der Waals surface area contributed by atoms with E-state index in [9.17, 15) is 0 Å². The van der Waals surface area contributed by atoms with Gasteiger partial charge in [0, 0.05) is 70.5 Å². The fraction of sp³-hybridized carbons (Fsp3) is 0.0370. The zero-order valence-electron chi connectivity index (χ0n) is 31.9. The van der Waals surface area contributed by atoms with Crippen LogP contribution in [-0.4, -0.2) is 19.9 Å². The van der Waals surface area contributed by atoms with Gasteiger partial charge in [0.25, 0.3) is 0 Å².